The van der Waals surface area contributed by atoms with Gasteiger partial charge in [0, 0.05) is 24.4 Å². The van der Waals surface area contributed by atoms with E-state index in [-0.39, 0.29) is 24.2 Å². The molecule has 0 aliphatic heterocycles. The van der Waals surface area contributed by atoms with Crippen LogP contribution in [-0.4, -0.2) is 34.7 Å². The molecule has 2 aromatic rings. The summed E-state index contributed by atoms with van der Waals surface area (Å²) in [5.41, 5.74) is 2.01. The topological polar surface area (TPSA) is 40.6 Å². The van der Waals surface area contributed by atoms with Crippen LogP contribution in [0.25, 0.3) is 0 Å². The van der Waals surface area contributed by atoms with Crippen molar-refractivity contribution in [2.45, 2.75) is 53.1 Å². The first-order chi connectivity index (χ1) is 13.4. The molecule has 0 saturated heterocycles. The molecule has 1 heterocycles. The molecule has 0 atom stereocenters. The fourth-order valence-electron chi connectivity index (χ4n) is 2.98. The molecule has 0 radical (unpaired) electrons. The zero-order chi connectivity index (χ0) is 20.5. The molecule has 0 spiro atoms. The lowest BCUT2D eigenvalue weighted by molar-refractivity contribution is -0.141. The minimum Gasteiger partial charge on any atom is -0.333 e. The van der Waals surface area contributed by atoms with E-state index >= 15 is 0 Å². The standard InChI is InChI=1S/C22H29FN2O2S/c1-4-6-21(26)24(12-5-2)16-22(27)25(15-20-17(3)11-13-28-20)14-18-7-9-19(23)10-8-18/h7-11,13H,4-6,12,14-16H2,1-3H3. The van der Waals surface area contributed by atoms with E-state index in [1.165, 1.54) is 12.1 Å². The van der Waals surface area contributed by atoms with Crippen molar-refractivity contribution in [1.82, 2.24) is 9.80 Å². The number of halogens is 1. The van der Waals surface area contributed by atoms with Crippen molar-refractivity contribution in [2.24, 2.45) is 0 Å². The Balaban J connectivity index is 2.18. The number of benzene rings is 1. The van der Waals surface area contributed by atoms with Crippen LogP contribution in [0.5, 0.6) is 0 Å². The Kier molecular flexibility index (Phi) is 8.64. The van der Waals surface area contributed by atoms with E-state index in [2.05, 4.69) is 0 Å². The largest absolute Gasteiger partial charge is 0.333 e. The van der Waals surface area contributed by atoms with Crippen molar-refractivity contribution in [1.29, 1.82) is 0 Å². The van der Waals surface area contributed by atoms with Gasteiger partial charge in [-0.05, 0) is 54.5 Å². The molecule has 0 N–H and O–H groups in total. The van der Waals surface area contributed by atoms with Crippen LogP contribution in [0.2, 0.25) is 0 Å². The molecule has 2 rings (SSSR count). The second-order valence-electron chi connectivity index (χ2n) is 6.97. The van der Waals surface area contributed by atoms with Gasteiger partial charge in [0.15, 0.2) is 0 Å². The summed E-state index contributed by atoms with van der Waals surface area (Å²) in [6.07, 6.45) is 2.03. The Morgan fingerprint density at radius 3 is 2.25 bits per heavy atom. The molecule has 152 valence electrons. The molecule has 0 fully saturated rings. The average molecular weight is 405 g/mol. The van der Waals surface area contributed by atoms with Gasteiger partial charge in [0.25, 0.3) is 0 Å². The number of hydrogen-bond acceptors (Lipinski definition) is 3. The third-order valence-electron chi connectivity index (χ3n) is 4.58. The van der Waals surface area contributed by atoms with E-state index in [9.17, 15) is 14.0 Å². The summed E-state index contributed by atoms with van der Waals surface area (Å²) in [6, 6.07) is 8.24. The average Bonchev–Trinajstić information content (AvgIpc) is 3.07. The van der Waals surface area contributed by atoms with Gasteiger partial charge in [-0.15, -0.1) is 11.3 Å². The summed E-state index contributed by atoms with van der Waals surface area (Å²) in [6.45, 7) is 7.53. The molecule has 1 aromatic heterocycles. The second kappa shape index (κ2) is 11.0. The van der Waals surface area contributed by atoms with E-state index in [0.717, 1.165) is 28.8 Å². The van der Waals surface area contributed by atoms with Crippen LogP contribution < -0.4 is 0 Å². The van der Waals surface area contributed by atoms with Crippen LogP contribution >= 0.6 is 11.3 Å². The summed E-state index contributed by atoms with van der Waals surface area (Å²) in [5, 5.41) is 2.01. The molecule has 1 aromatic carbocycles. The number of aryl methyl sites for hydroxylation is 1. The fraction of sp³-hybridized carbons (Fsp3) is 0.455. The number of rotatable bonds is 10. The predicted molar refractivity (Wildman–Crippen MR) is 111 cm³/mol. The highest BCUT2D eigenvalue weighted by Gasteiger charge is 2.21. The number of hydrogen-bond donors (Lipinski definition) is 0. The van der Waals surface area contributed by atoms with Gasteiger partial charge in [-0.3, -0.25) is 9.59 Å². The van der Waals surface area contributed by atoms with Crippen molar-refractivity contribution >= 4 is 23.2 Å². The van der Waals surface area contributed by atoms with E-state index in [1.54, 1.807) is 33.3 Å². The van der Waals surface area contributed by atoms with Crippen molar-refractivity contribution < 1.29 is 14.0 Å². The monoisotopic (exact) mass is 404 g/mol. The molecule has 0 aliphatic carbocycles. The highest BCUT2D eigenvalue weighted by atomic mass is 32.1. The van der Waals surface area contributed by atoms with Crippen molar-refractivity contribution in [3.63, 3.8) is 0 Å². The molecule has 0 bridgehead atoms. The first-order valence-corrected chi connectivity index (χ1v) is 10.7. The van der Waals surface area contributed by atoms with E-state index < -0.39 is 0 Å². The summed E-state index contributed by atoms with van der Waals surface area (Å²) < 4.78 is 13.2. The Morgan fingerprint density at radius 2 is 1.68 bits per heavy atom. The van der Waals surface area contributed by atoms with Gasteiger partial charge in [-0.2, -0.15) is 0 Å². The molecule has 28 heavy (non-hydrogen) atoms. The van der Waals surface area contributed by atoms with Crippen LogP contribution in [0.15, 0.2) is 35.7 Å². The summed E-state index contributed by atoms with van der Waals surface area (Å²) >= 11 is 1.62. The zero-order valence-corrected chi connectivity index (χ0v) is 17.7. The Labute approximate surface area is 171 Å². The SMILES string of the molecule is CCCC(=O)N(CCC)CC(=O)N(Cc1ccc(F)cc1)Cc1sccc1C. The third kappa shape index (κ3) is 6.44. The predicted octanol–water partition coefficient (Wildman–Crippen LogP) is 4.76. The van der Waals surface area contributed by atoms with Crippen LogP contribution in [-0.2, 0) is 22.7 Å². The first-order valence-electron chi connectivity index (χ1n) is 9.77. The van der Waals surface area contributed by atoms with Gasteiger partial charge in [0.05, 0.1) is 13.1 Å². The molecular weight excluding hydrogens is 375 g/mol. The first kappa shape index (κ1) is 22.1. The maximum Gasteiger partial charge on any atom is 0.242 e. The molecular formula is C22H29FN2O2S. The fourth-order valence-corrected chi connectivity index (χ4v) is 3.90. The van der Waals surface area contributed by atoms with Gasteiger partial charge in [-0.1, -0.05) is 26.0 Å². The van der Waals surface area contributed by atoms with Crippen molar-refractivity contribution in [3.8, 4) is 0 Å². The van der Waals surface area contributed by atoms with Crippen LogP contribution in [0.3, 0.4) is 0 Å². The molecule has 0 aliphatic rings. The van der Waals surface area contributed by atoms with Crippen molar-refractivity contribution in [2.75, 3.05) is 13.1 Å². The molecule has 0 saturated carbocycles. The number of amides is 2. The van der Waals surface area contributed by atoms with Gasteiger partial charge >= 0.3 is 0 Å². The van der Waals surface area contributed by atoms with Crippen LogP contribution in [0, 0.1) is 12.7 Å². The quantitative estimate of drug-likeness (QED) is 0.573. The third-order valence-corrected chi connectivity index (χ3v) is 5.59. The Hall–Kier alpha value is -2.21. The lowest BCUT2D eigenvalue weighted by Crippen LogP contribution is -2.42. The zero-order valence-electron chi connectivity index (χ0n) is 16.9. The highest BCUT2D eigenvalue weighted by molar-refractivity contribution is 7.10. The van der Waals surface area contributed by atoms with E-state index in [0.29, 0.717) is 26.1 Å². The van der Waals surface area contributed by atoms with E-state index in [1.807, 2.05) is 32.2 Å². The number of nitrogens with zero attached hydrogens (tertiary/aromatic N) is 2. The van der Waals surface area contributed by atoms with Gasteiger partial charge in [-0.25, -0.2) is 4.39 Å². The van der Waals surface area contributed by atoms with Gasteiger partial charge < -0.3 is 9.80 Å². The smallest absolute Gasteiger partial charge is 0.242 e. The lowest BCUT2D eigenvalue weighted by Gasteiger charge is -2.28. The van der Waals surface area contributed by atoms with Gasteiger partial charge in [0.1, 0.15) is 5.82 Å². The lowest BCUT2D eigenvalue weighted by atomic mass is 10.2. The summed E-state index contributed by atoms with van der Waals surface area (Å²) in [4.78, 5) is 30.0. The maximum atomic E-state index is 13.2. The molecule has 4 nitrogen and oxygen atoms in total. The maximum absolute atomic E-state index is 13.2. The normalized spacial score (nSPS) is 10.7. The summed E-state index contributed by atoms with van der Waals surface area (Å²) in [5.74, 6) is -0.364. The van der Waals surface area contributed by atoms with Gasteiger partial charge in [0.2, 0.25) is 11.8 Å². The molecule has 0 unspecified atom stereocenters. The molecule has 6 heteroatoms. The van der Waals surface area contributed by atoms with Crippen LogP contribution in [0.1, 0.15) is 49.1 Å². The Bertz CT molecular complexity index is 773. The van der Waals surface area contributed by atoms with Crippen LogP contribution in [0.4, 0.5) is 4.39 Å². The number of carbonyl (C=O) groups is 2. The number of thiophene rings is 1. The Morgan fingerprint density at radius 1 is 0.964 bits per heavy atom. The number of carbonyl (C=O) groups excluding carboxylic acids is 2. The minimum absolute atomic E-state index is 0.0201. The highest BCUT2D eigenvalue weighted by Crippen LogP contribution is 2.20. The molecule has 2 amide bonds. The summed E-state index contributed by atoms with van der Waals surface area (Å²) in [7, 11) is 0. The van der Waals surface area contributed by atoms with Crippen molar-refractivity contribution in [3.05, 3.63) is 57.5 Å². The minimum atomic E-state index is -0.296. The van der Waals surface area contributed by atoms with E-state index in [4.69, 9.17) is 0 Å². The second-order valence-corrected chi connectivity index (χ2v) is 7.97.